The normalized spacial score (nSPS) is 35.9. The molecule has 0 aromatic carbocycles. The van der Waals surface area contributed by atoms with Gasteiger partial charge in [0.15, 0.2) is 0 Å². The van der Waals surface area contributed by atoms with E-state index >= 15 is 0 Å². The Balaban J connectivity index is 2.20. The zero-order chi connectivity index (χ0) is 11.8. The summed E-state index contributed by atoms with van der Waals surface area (Å²) in [6.45, 7) is 2.63. The second kappa shape index (κ2) is 4.17. The van der Waals surface area contributed by atoms with Gasteiger partial charge >= 0.3 is 0 Å². The first-order valence-corrected chi connectivity index (χ1v) is 6.15. The molecular weight excluding hydrogens is 204 g/mol. The number of nitrogens with zero attached hydrogens (tertiary/aromatic N) is 1. The van der Waals surface area contributed by atoms with E-state index in [9.17, 15) is 9.59 Å². The molecule has 1 aliphatic heterocycles. The van der Waals surface area contributed by atoms with Gasteiger partial charge in [-0.15, -0.1) is 0 Å². The number of nitrogens with two attached hydrogens (primary N) is 1. The summed E-state index contributed by atoms with van der Waals surface area (Å²) in [5, 5.41) is 0. The molecule has 0 spiro atoms. The smallest absolute Gasteiger partial charge is 0.230 e. The molecule has 2 rings (SSSR count). The van der Waals surface area contributed by atoms with Gasteiger partial charge in [-0.25, -0.2) is 0 Å². The van der Waals surface area contributed by atoms with Crippen molar-refractivity contribution in [2.24, 2.45) is 11.7 Å². The van der Waals surface area contributed by atoms with Gasteiger partial charge in [0.05, 0.1) is 5.54 Å². The second-order valence-electron chi connectivity index (χ2n) is 5.23. The molecule has 4 nitrogen and oxygen atoms in total. The van der Waals surface area contributed by atoms with Gasteiger partial charge in [-0.3, -0.25) is 14.5 Å². The fourth-order valence-corrected chi connectivity index (χ4v) is 2.92. The van der Waals surface area contributed by atoms with Crippen LogP contribution in [0.5, 0.6) is 0 Å². The van der Waals surface area contributed by atoms with Gasteiger partial charge in [-0.05, 0) is 31.6 Å². The fraction of sp³-hybridized carbons (Fsp3) is 0.833. The summed E-state index contributed by atoms with van der Waals surface area (Å²) >= 11 is 0. The lowest BCUT2D eigenvalue weighted by atomic mass is 9.76. The topological polar surface area (TPSA) is 63.4 Å². The Hall–Kier alpha value is -0.900. The maximum Gasteiger partial charge on any atom is 0.230 e. The summed E-state index contributed by atoms with van der Waals surface area (Å²) in [5.41, 5.74) is 5.48. The minimum absolute atomic E-state index is 0.0231. The van der Waals surface area contributed by atoms with E-state index in [1.165, 1.54) is 4.90 Å². The maximum atomic E-state index is 11.8. The Morgan fingerprint density at radius 2 is 1.75 bits per heavy atom. The van der Waals surface area contributed by atoms with Crippen molar-refractivity contribution in [2.75, 3.05) is 6.54 Å². The molecule has 1 heterocycles. The number of carbonyl (C=O) groups is 2. The monoisotopic (exact) mass is 224 g/mol. The van der Waals surface area contributed by atoms with E-state index in [1.807, 2.05) is 0 Å². The van der Waals surface area contributed by atoms with Gasteiger partial charge in [0.25, 0.3) is 0 Å². The van der Waals surface area contributed by atoms with Crippen molar-refractivity contribution in [3.63, 3.8) is 0 Å². The van der Waals surface area contributed by atoms with Gasteiger partial charge in [-0.1, -0.05) is 6.92 Å². The van der Waals surface area contributed by atoms with E-state index in [2.05, 4.69) is 6.92 Å². The Labute approximate surface area is 96.2 Å². The molecular formula is C12H20N2O2. The van der Waals surface area contributed by atoms with E-state index in [1.54, 1.807) is 0 Å². The summed E-state index contributed by atoms with van der Waals surface area (Å²) in [6.07, 6.45) is 4.62. The van der Waals surface area contributed by atoms with Crippen LogP contribution >= 0.6 is 0 Å². The van der Waals surface area contributed by atoms with Crippen molar-refractivity contribution in [1.29, 1.82) is 0 Å². The van der Waals surface area contributed by atoms with Crippen molar-refractivity contribution in [1.82, 2.24) is 4.90 Å². The first-order valence-electron chi connectivity index (χ1n) is 6.15. The molecule has 0 aromatic heterocycles. The highest BCUT2D eigenvalue weighted by atomic mass is 16.2. The number of imide groups is 1. The molecule has 0 atom stereocenters. The molecule has 2 fully saturated rings. The highest BCUT2D eigenvalue weighted by Gasteiger charge is 2.46. The molecule has 0 aromatic rings. The van der Waals surface area contributed by atoms with Crippen LogP contribution in [0.2, 0.25) is 0 Å². The molecule has 1 saturated carbocycles. The number of rotatable bonds is 2. The Bertz CT molecular complexity index is 290. The van der Waals surface area contributed by atoms with Crippen molar-refractivity contribution in [3.8, 4) is 0 Å². The standard InChI is InChI=1S/C12H20N2O2/c1-9-4-6-12(8-13,7-5-9)14-10(15)2-3-11(14)16/h9H,2-8,13H2,1H3. The SMILES string of the molecule is CC1CCC(CN)(N2C(=O)CCC2=O)CC1. The van der Waals surface area contributed by atoms with Crippen LogP contribution in [-0.2, 0) is 9.59 Å². The summed E-state index contributed by atoms with van der Waals surface area (Å²) in [7, 11) is 0. The third-order valence-electron chi connectivity index (χ3n) is 4.11. The van der Waals surface area contributed by atoms with Crippen LogP contribution < -0.4 is 5.73 Å². The van der Waals surface area contributed by atoms with Gasteiger partial charge in [0.2, 0.25) is 11.8 Å². The minimum atomic E-state index is -0.364. The average Bonchev–Trinajstić information content (AvgIpc) is 2.62. The lowest BCUT2D eigenvalue weighted by molar-refractivity contribution is -0.147. The van der Waals surface area contributed by atoms with Crippen LogP contribution in [0, 0.1) is 5.92 Å². The number of likely N-dealkylation sites (tertiary alicyclic amines) is 1. The van der Waals surface area contributed by atoms with Crippen LogP contribution in [0.25, 0.3) is 0 Å². The largest absolute Gasteiger partial charge is 0.328 e. The molecule has 4 heteroatoms. The van der Waals surface area contributed by atoms with Crippen molar-refractivity contribution in [3.05, 3.63) is 0 Å². The number of hydrogen-bond donors (Lipinski definition) is 1. The van der Waals surface area contributed by atoms with E-state index in [-0.39, 0.29) is 17.4 Å². The third-order valence-corrected chi connectivity index (χ3v) is 4.11. The van der Waals surface area contributed by atoms with Crippen LogP contribution in [0.3, 0.4) is 0 Å². The Kier molecular flexibility index (Phi) is 3.02. The van der Waals surface area contributed by atoms with Gasteiger partial charge in [-0.2, -0.15) is 0 Å². The Morgan fingerprint density at radius 1 is 1.25 bits per heavy atom. The zero-order valence-corrected chi connectivity index (χ0v) is 9.87. The molecule has 16 heavy (non-hydrogen) atoms. The van der Waals surface area contributed by atoms with Crippen LogP contribution in [0.4, 0.5) is 0 Å². The molecule has 1 saturated heterocycles. The molecule has 0 bridgehead atoms. The molecule has 2 N–H and O–H groups in total. The third kappa shape index (κ3) is 1.75. The minimum Gasteiger partial charge on any atom is -0.328 e. The van der Waals surface area contributed by atoms with E-state index in [0.29, 0.717) is 25.3 Å². The number of hydrogen-bond acceptors (Lipinski definition) is 3. The number of carbonyl (C=O) groups excluding carboxylic acids is 2. The first kappa shape index (κ1) is 11.6. The first-order chi connectivity index (χ1) is 7.59. The van der Waals surface area contributed by atoms with Crippen molar-refractivity contribution < 1.29 is 9.59 Å². The highest BCUT2D eigenvalue weighted by Crippen LogP contribution is 2.38. The maximum absolute atomic E-state index is 11.8. The van der Waals surface area contributed by atoms with E-state index in [0.717, 1.165) is 25.7 Å². The van der Waals surface area contributed by atoms with Crippen molar-refractivity contribution >= 4 is 11.8 Å². The molecule has 2 aliphatic rings. The molecule has 0 radical (unpaired) electrons. The predicted molar refractivity (Wildman–Crippen MR) is 60.5 cm³/mol. The molecule has 0 unspecified atom stereocenters. The average molecular weight is 224 g/mol. The van der Waals surface area contributed by atoms with E-state index in [4.69, 9.17) is 5.73 Å². The van der Waals surface area contributed by atoms with Crippen molar-refractivity contribution in [2.45, 2.75) is 51.0 Å². The Morgan fingerprint density at radius 3 is 2.19 bits per heavy atom. The van der Waals surface area contributed by atoms with Gasteiger partial charge < -0.3 is 5.73 Å². The molecule has 1 aliphatic carbocycles. The molecule has 90 valence electrons. The van der Waals surface area contributed by atoms with Crippen LogP contribution in [-0.4, -0.2) is 28.8 Å². The van der Waals surface area contributed by atoms with Crippen LogP contribution in [0.15, 0.2) is 0 Å². The predicted octanol–water partition coefficient (Wildman–Crippen LogP) is 1.04. The fourth-order valence-electron chi connectivity index (χ4n) is 2.92. The zero-order valence-electron chi connectivity index (χ0n) is 9.87. The summed E-state index contributed by atoms with van der Waals surface area (Å²) in [5.74, 6) is 0.641. The lowest BCUT2D eigenvalue weighted by Crippen LogP contribution is -2.57. The second-order valence-corrected chi connectivity index (χ2v) is 5.23. The summed E-state index contributed by atoms with van der Waals surface area (Å²) in [4.78, 5) is 25.0. The van der Waals surface area contributed by atoms with E-state index < -0.39 is 0 Å². The van der Waals surface area contributed by atoms with Gasteiger partial charge in [0.1, 0.15) is 0 Å². The quantitative estimate of drug-likeness (QED) is 0.713. The number of amides is 2. The lowest BCUT2D eigenvalue weighted by Gasteiger charge is -2.44. The summed E-state index contributed by atoms with van der Waals surface area (Å²) in [6, 6.07) is 0. The highest BCUT2D eigenvalue weighted by molar-refractivity contribution is 6.02. The van der Waals surface area contributed by atoms with Crippen LogP contribution in [0.1, 0.15) is 45.4 Å². The van der Waals surface area contributed by atoms with Gasteiger partial charge in [0, 0.05) is 19.4 Å². The molecule has 2 amide bonds. The summed E-state index contributed by atoms with van der Waals surface area (Å²) < 4.78 is 0.